The van der Waals surface area contributed by atoms with Gasteiger partial charge in [0.2, 0.25) is 6.20 Å². The van der Waals surface area contributed by atoms with Gasteiger partial charge in [-0.05, 0) is 24.3 Å². The molecule has 5 nitrogen and oxygen atoms in total. The van der Waals surface area contributed by atoms with Crippen LogP contribution >= 0.6 is 0 Å². The molecule has 1 aromatic carbocycles. The second-order valence-electron chi connectivity index (χ2n) is 3.28. The SMILES string of the molecule is COc1ccc2[nH]c(/C=C/[N+](=O)[O-])cc2c1. The van der Waals surface area contributed by atoms with E-state index in [-0.39, 0.29) is 0 Å². The predicted octanol–water partition coefficient (Wildman–Crippen LogP) is 2.42. The molecule has 0 saturated carbocycles. The molecule has 0 bridgehead atoms. The molecule has 0 atom stereocenters. The van der Waals surface area contributed by atoms with Crippen LogP contribution in [0.15, 0.2) is 30.5 Å². The molecule has 0 spiro atoms. The van der Waals surface area contributed by atoms with Crippen molar-refractivity contribution in [1.29, 1.82) is 0 Å². The van der Waals surface area contributed by atoms with E-state index in [1.807, 2.05) is 24.3 Å². The molecule has 1 heterocycles. The minimum atomic E-state index is -0.494. The lowest BCUT2D eigenvalue weighted by Gasteiger charge is -1.97. The molecule has 0 aliphatic rings. The van der Waals surface area contributed by atoms with Crippen molar-refractivity contribution in [2.24, 2.45) is 0 Å². The average Bonchev–Trinajstić information content (AvgIpc) is 2.67. The Hall–Kier alpha value is -2.30. The minimum absolute atomic E-state index is 0.494. The fourth-order valence-corrected chi connectivity index (χ4v) is 1.49. The van der Waals surface area contributed by atoms with Gasteiger partial charge in [-0.3, -0.25) is 10.1 Å². The first-order valence-corrected chi connectivity index (χ1v) is 4.67. The summed E-state index contributed by atoms with van der Waals surface area (Å²) in [6.45, 7) is 0. The van der Waals surface area contributed by atoms with Crippen molar-refractivity contribution in [1.82, 2.24) is 4.98 Å². The van der Waals surface area contributed by atoms with Crippen LogP contribution < -0.4 is 4.74 Å². The molecule has 16 heavy (non-hydrogen) atoms. The Morgan fingerprint density at radius 3 is 2.94 bits per heavy atom. The number of nitrogens with one attached hydrogen (secondary N) is 1. The topological polar surface area (TPSA) is 68.2 Å². The van der Waals surface area contributed by atoms with Gasteiger partial charge >= 0.3 is 0 Å². The van der Waals surface area contributed by atoms with Gasteiger partial charge < -0.3 is 9.72 Å². The van der Waals surface area contributed by atoms with Gasteiger partial charge in [0, 0.05) is 22.7 Å². The Kier molecular flexibility index (Phi) is 2.59. The first-order chi connectivity index (χ1) is 7.69. The van der Waals surface area contributed by atoms with E-state index in [1.165, 1.54) is 6.08 Å². The van der Waals surface area contributed by atoms with E-state index in [0.29, 0.717) is 5.69 Å². The molecule has 0 fully saturated rings. The molecule has 5 heteroatoms. The number of hydrogen-bond acceptors (Lipinski definition) is 3. The van der Waals surface area contributed by atoms with Gasteiger partial charge in [-0.15, -0.1) is 0 Å². The van der Waals surface area contributed by atoms with Gasteiger partial charge in [-0.25, -0.2) is 0 Å². The summed E-state index contributed by atoms with van der Waals surface area (Å²) in [6.07, 6.45) is 2.33. The number of benzene rings is 1. The summed E-state index contributed by atoms with van der Waals surface area (Å²) in [6, 6.07) is 7.41. The van der Waals surface area contributed by atoms with Crippen molar-refractivity contribution in [3.63, 3.8) is 0 Å². The number of H-pyrrole nitrogens is 1. The second-order valence-corrected chi connectivity index (χ2v) is 3.28. The summed E-state index contributed by atoms with van der Waals surface area (Å²) < 4.78 is 5.09. The van der Waals surface area contributed by atoms with Crippen LogP contribution in [0.3, 0.4) is 0 Å². The lowest BCUT2D eigenvalue weighted by Crippen LogP contribution is -1.81. The van der Waals surface area contributed by atoms with E-state index < -0.39 is 4.92 Å². The third-order valence-electron chi connectivity index (χ3n) is 2.22. The molecule has 1 N–H and O–H groups in total. The van der Waals surface area contributed by atoms with Crippen molar-refractivity contribution in [3.05, 3.63) is 46.3 Å². The molecule has 2 aromatic rings. The standard InChI is InChI=1S/C11H10N2O3/c1-16-10-2-3-11-8(7-10)6-9(12-11)4-5-13(14)15/h2-7,12H,1H3/b5-4+. The fourth-order valence-electron chi connectivity index (χ4n) is 1.49. The number of fused-ring (bicyclic) bond motifs is 1. The lowest BCUT2D eigenvalue weighted by molar-refractivity contribution is -0.400. The Balaban J connectivity index is 2.40. The van der Waals surface area contributed by atoms with Crippen LogP contribution in [0.5, 0.6) is 5.75 Å². The van der Waals surface area contributed by atoms with Crippen LogP contribution in [-0.2, 0) is 0 Å². The van der Waals surface area contributed by atoms with Crippen molar-refractivity contribution in [3.8, 4) is 5.75 Å². The largest absolute Gasteiger partial charge is 0.497 e. The highest BCUT2D eigenvalue weighted by Gasteiger charge is 2.00. The maximum atomic E-state index is 10.2. The predicted molar refractivity (Wildman–Crippen MR) is 60.9 cm³/mol. The molecule has 1 aromatic heterocycles. The maximum absolute atomic E-state index is 10.2. The van der Waals surface area contributed by atoms with Crippen LogP contribution in [-0.4, -0.2) is 17.0 Å². The first-order valence-electron chi connectivity index (χ1n) is 4.67. The third kappa shape index (κ3) is 2.03. The Morgan fingerprint density at radius 2 is 2.25 bits per heavy atom. The normalized spacial score (nSPS) is 11.1. The quantitative estimate of drug-likeness (QED) is 0.635. The zero-order valence-corrected chi connectivity index (χ0v) is 8.64. The summed E-state index contributed by atoms with van der Waals surface area (Å²) in [5, 5.41) is 11.1. The molecule has 0 unspecified atom stereocenters. The number of nitrogens with zero attached hydrogens (tertiary/aromatic N) is 1. The number of aromatic nitrogens is 1. The fraction of sp³-hybridized carbons (Fsp3) is 0.0909. The highest BCUT2D eigenvalue weighted by molar-refractivity contribution is 5.83. The summed E-state index contributed by atoms with van der Waals surface area (Å²) in [5.41, 5.74) is 1.61. The number of methoxy groups -OCH3 is 1. The number of hydrogen-bond donors (Lipinski definition) is 1. The summed E-state index contributed by atoms with van der Waals surface area (Å²) in [4.78, 5) is 12.7. The number of ether oxygens (including phenoxy) is 1. The van der Waals surface area contributed by atoms with Crippen LogP contribution in [0.25, 0.3) is 17.0 Å². The molecule has 0 radical (unpaired) electrons. The van der Waals surface area contributed by atoms with Gasteiger partial charge in [0.25, 0.3) is 0 Å². The molecular weight excluding hydrogens is 208 g/mol. The number of rotatable bonds is 3. The highest BCUT2D eigenvalue weighted by Crippen LogP contribution is 2.21. The third-order valence-corrected chi connectivity index (χ3v) is 2.22. The Morgan fingerprint density at radius 1 is 1.44 bits per heavy atom. The van der Waals surface area contributed by atoms with Crippen molar-refractivity contribution < 1.29 is 9.66 Å². The molecule has 0 aliphatic carbocycles. The Bertz CT molecular complexity index is 557. The molecule has 0 aliphatic heterocycles. The van der Waals surface area contributed by atoms with E-state index in [0.717, 1.165) is 22.9 Å². The maximum Gasteiger partial charge on any atom is 0.236 e. The van der Waals surface area contributed by atoms with Gasteiger partial charge in [-0.1, -0.05) is 0 Å². The van der Waals surface area contributed by atoms with Crippen LogP contribution in [0.2, 0.25) is 0 Å². The van der Waals surface area contributed by atoms with E-state index in [4.69, 9.17) is 4.74 Å². The minimum Gasteiger partial charge on any atom is -0.497 e. The van der Waals surface area contributed by atoms with Crippen LogP contribution in [0.4, 0.5) is 0 Å². The van der Waals surface area contributed by atoms with E-state index in [1.54, 1.807) is 7.11 Å². The molecule has 0 saturated heterocycles. The summed E-state index contributed by atoms with van der Waals surface area (Å²) >= 11 is 0. The van der Waals surface area contributed by atoms with Gasteiger partial charge in [0.1, 0.15) is 5.75 Å². The lowest BCUT2D eigenvalue weighted by atomic mass is 10.2. The Labute approximate surface area is 91.5 Å². The van der Waals surface area contributed by atoms with Gasteiger partial charge in [0.05, 0.1) is 12.0 Å². The average molecular weight is 218 g/mol. The first kappa shape index (κ1) is 10.2. The van der Waals surface area contributed by atoms with Crippen molar-refractivity contribution in [2.75, 3.05) is 7.11 Å². The summed E-state index contributed by atoms with van der Waals surface area (Å²) in [7, 11) is 1.60. The number of nitro groups is 1. The van der Waals surface area contributed by atoms with E-state index in [9.17, 15) is 10.1 Å². The zero-order chi connectivity index (χ0) is 11.5. The van der Waals surface area contributed by atoms with Gasteiger partial charge in [0.15, 0.2) is 0 Å². The highest BCUT2D eigenvalue weighted by atomic mass is 16.6. The van der Waals surface area contributed by atoms with Crippen LogP contribution in [0.1, 0.15) is 5.69 Å². The molecule has 2 rings (SSSR count). The zero-order valence-electron chi connectivity index (χ0n) is 8.64. The van der Waals surface area contributed by atoms with Crippen molar-refractivity contribution in [2.45, 2.75) is 0 Å². The van der Waals surface area contributed by atoms with E-state index >= 15 is 0 Å². The monoisotopic (exact) mass is 218 g/mol. The van der Waals surface area contributed by atoms with Crippen LogP contribution in [0, 0.1) is 10.1 Å². The number of aromatic amines is 1. The molecule has 0 amide bonds. The molecule has 82 valence electrons. The summed E-state index contributed by atoms with van der Waals surface area (Å²) in [5.74, 6) is 0.760. The molecular formula is C11H10N2O3. The van der Waals surface area contributed by atoms with Gasteiger partial charge in [-0.2, -0.15) is 0 Å². The second kappa shape index (κ2) is 4.06. The van der Waals surface area contributed by atoms with Crippen molar-refractivity contribution >= 4 is 17.0 Å². The smallest absolute Gasteiger partial charge is 0.236 e. The van der Waals surface area contributed by atoms with E-state index in [2.05, 4.69) is 4.98 Å².